The van der Waals surface area contributed by atoms with E-state index < -0.39 is 11.6 Å². The first-order valence-corrected chi connectivity index (χ1v) is 7.45. The molecule has 1 aromatic carbocycles. The zero-order chi connectivity index (χ0) is 13.3. The number of anilines is 1. The minimum atomic E-state index is -0.453. The van der Waals surface area contributed by atoms with Crippen molar-refractivity contribution in [3.8, 4) is 0 Å². The fourth-order valence-electron chi connectivity index (χ4n) is 2.71. The third kappa shape index (κ3) is 2.68. The summed E-state index contributed by atoms with van der Waals surface area (Å²) < 4.78 is 28.1. The molecule has 100 valence electrons. The van der Waals surface area contributed by atoms with E-state index in [9.17, 15) is 8.78 Å². The average molecular weight is 318 g/mol. The lowest BCUT2D eigenvalue weighted by molar-refractivity contribution is 0.371. The Balaban J connectivity index is 2.33. The van der Waals surface area contributed by atoms with Crippen molar-refractivity contribution < 1.29 is 8.78 Å². The van der Waals surface area contributed by atoms with Gasteiger partial charge in [0.25, 0.3) is 0 Å². The molecule has 18 heavy (non-hydrogen) atoms. The summed E-state index contributed by atoms with van der Waals surface area (Å²) in [5.41, 5.74) is 0.769. The lowest BCUT2D eigenvalue weighted by atomic mass is 9.93. The molecule has 0 N–H and O–H groups in total. The van der Waals surface area contributed by atoms with Crippen LogP contribution in [-0.4, -0.2) is 12.6 Å². The molecule has 1 fully saturated rings. The van der Waals surface area contributed by atoms with Gasteiger partial charge >= 0.3 is 0 Å². The molecule has 1 aliphatic heterocycles. The first-order valence-electron chi connectivity index (χ1n) is 6.33. The summed E-state index contributed by atoms with van der Waals surface area (Å²) in [6, 6.07) is 3.02. The van der Waals surface area contributed by atoms with E-state index in [1.807, 2.05) is 11.8 Å². The van der Waals surface area contributed by atoms with Crippen molar-refractivity contribution >= 4 is 21.6 Å². The van der Waals surface area contributed by atoms with Crippen molar-refractivity contribution in [1.82, 2.24) is 0 Å². The van der Waals surface area contributed by atoms with Crippen molar-refractivity contribution in [2.75, 3.05) is 11.4 Å². The monoisotopic (exact) mass is 317 g/mol. The van der Waals surface area contributed by atoms with Gasteiger partial charge in [-0.3, -0.25) is 0 Å². The first-order chi connectivity index (χ1) is 8.52. The van der Waals surface area contributed by atoms with E-state index >= 15 is 0 Å². The van der Waals surface area contributed by atoms with Crippen LogP contribution in [0.2, 0.25) is 0 Å². The molecule has 0 saturated carbocycles. The molecule has 2 atom stereocenters. The molecule has 4 heteroatoms. The Hall–Kier alpha value is -0.640. The molecule has 0 aliphatic carbocycles. The highest BCUT2D eigenvalue weighted by Crippen LogP contribution is 2.32. The van der Waals surface area contributed by atoms with Crippen molar-refractivity contribution in [3.05, 3.63) is 29.3 Å². The molecule has 0 aromatic heterocycles. The Labute approximate surface area is 115 Å². The second kappa shape index (κ2) is 5.55. The fraction of sp³-hybridized carbons (Fsp3) is 0.571. The summed E-state index contributed by atoms with van der Waals surface area (Å²) in [6.45, 7) is 4.95. The number of benzene rings is 1. The van der Waals surface area contributed by atoms with E-state index in [1.165, 1.54) is 12.1 Å². The fourth-order valence-corrected chi connectivity index (χ4v) is 3.03. The zero-order valence-corrected chi connectivity index (χ0v) is 12.3. The second-order valence-corrected chi connectivity index (χ2v) is 5.77. The number of alkyl halides is 1. The molecule has 0 spiro atoms. The number of nitrogens with zero attached hydrogens (tertiary/aromatic N) is 1. The molecule has 1 aromatic rings. The van der Waals surface area contributed by atoms with Gasteiger partial charge in [0, 0.05) is 17.9 Å². The van der Waals surface area contributed by atoms with Crippen LogP contribution in [0.1, 0.15) is 32.3 Å². The van der Waals surface area contributed by atoms with Gasteiger partial charge in [0.05, 0.1) is 0 Å². The third-order valence-corrected chi connectivity index (χ3v) is 4.30. The Morgan fingerprint density at radius 3 is 2.39 bits per heavy atom. The van der Waals surface area contributed by atoms with Gasteiger partial charge in [0.1, 0.15) is 17.3 Å². The van der Waals surface area contributed by atoms with Crippen LogP contribution in [-0.2, 0) is 5.33 Å². The van der Waals surface area contributed by atoms with Gasteiger partial charge in [-0.2, -0.15) is 0 Å². The van der Waals surface area contributed by atoms with Crippen LogP contribution in [0.5, 0.6) is 0 Å². The standard InChI is InChI=1S/C14H18BrF2N/c1-9-3-4-18(10(2)5-9)14-12(16)6-11(8-15)7-13(14)17/h6-7,9-10H,3-5,8H2,1-2H3. The lowest BCUT2D eigenvalue weighted by Gasteiger charge is -2.38. The number of hydrogen-bond acceptors (Lipinski definition) is 1. The molecular formula is C14H18BrF2N. The van der Waals surface area contributed by atoms with Crippen molar-refractivity contribution in [1.29, 1.82) is 0 Å². The number of rotatable bonds is 2. The Morgan fingerprint density at radius 1 is 1.28 bits per heavy atom. The molecule has 0 radical (unpaired) electrons. The van der Waals surface area contributed by atoms with Gasteiger partial charge in [0.2, 0.25) is 0 Å². The van der Waals surface area contributed by atoms with Gasteiger partial charge in [0.15, 0.2) is 0 Å². The number of halogens is 3. The molecule has 1 nitrogen and oxygen atoms in total. The predicted octanol–water partition coefficient (Wildman–Crippen LogP) is 4.48. The highest BCUT2D eigenvalue weighted by atomic mass is 79.9. The topological polar surface area (TPSA) is 3.24 Å². The van der Waals surface area contributed by atoms with E-state index in [2.05, 4.69) is 22.9 Å². The van der Waals surface area contributed by atoms with Gasteiger partial charge in [-0.25, -0.2) is 8.78 Å². The summed E-state index contributed by atoms with van der Waals surface area (Å²) >= 11 is 3.22. The van der Waals surface area contributed by atoms with Crippen LogP contribution in [0, 0.1) is 17.6 Å². The van der Waals surface area contributed by atoms with E-state index in [1.54, 1.807) is 0 Å². The second-order valence-electron chi connectivity index (χ2n) is 5.21. The molecule has 0 bridgehead atoms. The quantitative estimate of drug-likeness (QED) is 0.727. The Morgan fingerprint density at radius 2 is 1.89 bits per heavy atom. The molecule has 0 amide bonds. The summed E-state index contributed by atoms with van der Waals surface area (Å²) in [6.07, 6.45) is 1.97. The average Bonchev–Trinajstić information content (AvgIpc) is 2.30. The largest absolute Gasteiger partial charge is 0.364 e. The van der Waals surface area contributed by atoms with Gasteiger partial charge < -0.3 is 4.90 Å². The van der Waals surface area contributed by atoms with Gasteiger partial charge in [-0.05, 0) is 43.4 Å². The van der Waals surface area contributed by atoms with Crippen LogP contribution in [0.4, 0.5) is 14.5 Å². The normalized spacial score (nSPS) is 24.4. The summed E-state index contributed by atoms with van der Waals surface area (Å²) in [5.74, 6) is -0.277. The Kier molecular flexibility index (Phi) is 4.25. The molecule has 1 aliphatic rings. The predicted molar refractivity (Wildman–Crippen MR) is 74.2 cm³/mol. The summed E-state index contributed by atoms with van der Waals surface area (Å²) in [5, 5.41) is 0.466. The van der Waals surface area contributed by atoms with Crippen LogP contribution in [0.3, 0.4) is 0 Å². The summed E-state index contributed by atoms with van der Waals surface area (Å²) in [4.78, 5) is 1.86. The van der Waals surface area contributed by atoms with Gasteiger partial charge in [-0.15, -0.1) is 0 Å². The van der Waals surface area contributed by atoms with Crippen LogP contribution in [0.15, 0.2) is 12.1 Å². The van der Waals surface area contributed by atoms with E-state index in [0.717, 1.165) is 19.4 Å². The zero-order valence-electron chi connectivity index (χ0n) is 10.7. The highest BCUT2D eigenvalue weighted by Gasteiger charge is 2.27. The minimum Gasteiger partial charge on any atom is -0.364 e. The first kappa shape index (κ1) is 13.8. The maximum absolute atomic E-state index is 14.1. The number of piperidine rings is 1. The highest BCUT2D eigenvalue weighted by molar-refractivity contribution is 9.08. The van der Waals surface area contributed by atoms with Crippen molar-refractivity contribution in [2.24, 2.45) is 5.92 Å². The number of hydrogen-bond donors (Lipinski definition) is 0. The Bertz CT molecular complexity index is 413. The van der Waals surface area contributed by atoms with Gasteiger partial charge in [-0.1, -0.05) is 22.9 Å². The molecule has 1 heterocycles. The molecule has 2 unspecified atom stereocenters. The molecule has 1 saturated heterocycles. The van der Waals surface area contributed by atoms with E-state index in [0.29, 0.717) is 16.8 Å². The summed E-state index contributed by atoms with van der Waals surface area (Å²) in [7, 11) is 0. The third-order valence-electron chi connectivity index (χ3n) is 3.66. The molecular weight excluding hydrogens is 300 g/mol. The smallest absolute Gasteiger partial charge is 0.149 e. The lowest BCUT2D eigenvalue weighted by Crippen LogP contribution is -2.41. The van der Waals surface area contributed by atoms with Crippen LogP contribution < -0.4 is 4.90 Å². The van der Waals surface area contributed by atoms with Crippen molar-refractivity contribution in [2.45, 2.75) is 38.1 Å². The maximum Gasteiger partial charge on any atom is 0.149 e. The molecule has 2 rings (SSSR count). The van der Waals surface area contributed by atoms with Crippen molar-refractivity contribution in [3.63, 3.8) is 0 Å². The van der Waals surface area contributed by atoms with Crippen LogP contribution >= 0.6 is 15.9 Å². The minimum absolute atomic E-state index is 0.138. The SMILES string of the molecule is CC1CCN(c2c(F)cc(CBr)cc2F)C(C)C1. The van der Waals surface area contributed by atoms with Crippen LogP contribution in [0.25, 0.3) is 0 Å². The maximum atomic E-state index is 14.1. The van der Waals surface area contributed by atoms with E-state index in [4.69, 9.17) is 0 Å². The van der Waals surface area contributed by atoms with E-state index in [-0.39, 0.29) is 11.7 Å².